The zero-order valence-electron chi connectivity index (χ0n) is 59.2. The molecule has 9 amide bonds. The molecule has 0 aliphatic heterocycles. The van der Waals surface area contributed by atoms with E-state index in [-0.39, 0.29) is 97.0 Å². The van der Waals surface area contributed by atoms with Crippen molar-refractivity contribution in [3.05, 3.63) is 148 Å². The van der Waals surface area contributed by atoms with E-state index < -0.39 is 0 Å². The third-order valence-electron chi connectivity index (χ3n) is 17.3. The lowest BCUT2D eigenvalue weighted by Crippen LogP contribution is -2.25. The van der Waals surface area contributed by atoms with Crippen LogP contribution in [0.1, 0.15) is 214 Å². The van der Waals surface area contributed by atoms with Gasteiger partial charge in [0.25, 0.3) is 5.91 Å². The number of hydrogen-bond acceptors (Lipinski definition) is 11. The molecule has 0 bridgehead atoms. The highest BCUT2D eigenvalue weighted by atomic mass is 16.5. The number of nitrogens with one attached hydrogen (secondary N) is 9. The van der Waals surface area contributed by atoms with Crippen molar-refractivity contribution in [2.24, 2.45) is 0 Å². The number of fused-ring (bicyclic) bond motifs is 9. The van der Waals surface area contributed by atoms with Gasteiger partial charge in [-0.05, 0) is 185 Å². The second kappa shape index (κ2) is 39.2. The molecule has 0 aromatic heterocycles. The molecule has 6 aromatic rings. The number of amides is 9. The highest BCUT2D eigenvalue weighted by molar-refractivity contribution is 6.04. The lowest BCUT2D eigenvalue weighted by atomic mass is 9.97. The number of carbonyl (C=O) groups is 9. The van der Waals surface area contributed by atoms with E-state index >= 15 is 0 Å². The first-order valence-electron chi connectivity index (χ1n) is 35.4. The highest BCUT2D eigenvalue weighted by Gasteiger charge is 2.31. The minimum absolute atomic E-state index is 0.0193. The number of benzene rings is 6. The first-order valence-corrected chi connectivity index (χ1v) is 35.4. The van der Waals surface area contributed by atoms with Gasteiger partial charge in [0.05, 0.1) is 0 Å². The quantitative estimate of drug-likeness (QED) is 0.0175. The fraction of sp³-hybridized carbons (Fsp3) is 0.430. The predicted octanol–water partition coefficient (Wildman–Crippen LogP) is 13.8. The third-order valence-corrected chi connectivity index (χ3v) is 17.3. The fourth-order valence-corrected chi connectivity index (χ4v) is 12.2. The minimum atomic E-state index is -0.186. The van der Waals surface area contributed by atoms with Crippen molar-refractivity contribution in [2.45, 2.75) is 170 Å². The summed E-state index contributed by atoms with van der Waals surface area (Å²) in [5.74, 6) is -0.508. The standard InChI is InChI=1S/C30H40N4O4.C25H31N3O3.C24H30N2O4/c1-4-16-31-27(35)8-6-10-29(37)33-21-12-14-23-24-15-13-22(19-26(24)20(3)25(23)18-21)34-30(38)11-7-9-28(36)32-17-5-2;1-4-13-26-22(29)11-12-23(30)28-17-9-10-19-21(15-17)16(3)18-7-6-8-20(24(18)19)25(31)27-14-5-2;1-4-10-29-14-23(27)25-17-6-8-19-20-9-7-18(26-24(28)15-30-11-5-2)13-22(20)16(3)21(19)12-17/h12-15,18-20H,4-11,16-17H2,1-3H3,(H,31,35)(H,32,36)(H,33,37)(H,34,38);6-10,15-16H,4-5,11-14H2,1-3H3,(H,26,29)(H,27,31)(H,28,30);6-9,12-13,16H,4-5,10-11,14-15H2,1-3H3,(H,25,27)(H,26,28). The number of rotatable bonds is 33. The maximum Gasteiger partial charge on any atom is 0.251 e. The summed E-state index contributed by atoms with van der Waals surface area (Å²) >= 11 is 0. The number of anilines is 5. The van der Waals surface area contributed by atoms with E-state index in [1.54, 1.807) is 0 Å². The van der Waals surface area contributed by atoms with Gasteiger partial charge in [-0.15, -0.1) is 0 Å². The van der Waals surface area contributed by atoms with E-state index in [0.717, 1.165) is 128 Å². The van der Waals surface area contributed by atoms with E-state index in [1.165, 1.54) is 0 Å². The monoisotopic (exact) mass is 1350 g/mol. The highest BCUT2D eigenvalue weighted by Crippen LogP contribution is 2.49. The van der Waals surface area contributed by atoms with Gasteiger partial charge in [0.15, 0.2) is 0 Å². The summed E-state index contributed by atoms with van der Waals surface area (Å²) in [4.78, 5) is 109. The van der Waals surface area contributed by atoms with Crippen LogP contribution in [-0.4, -0.2) is 106 Å². The fourth-order valence-electron chi connectivity index (χ4n) is 12.2. The van der Waals surface area contributed by atoms with Gasteiger partial charge in [-0.2, -0.15) is 0 Å². The van der Waals surface area contributed by atoms with Gasteiger partial charge in [0.2, 0.25) is 47.3 Å². The largest absolute Gasteiger partial charge is 0.372 e. The van der Waals surface area contributed by atoms with Crippen molar-refractivity contribution >= 4 is 81.6 Å². The molecule has 3 aliphatic rings. The molecular formula is C79H101N9O11. The van der Waals surface area contributed by atoms with Gasteiger partial charge in [-0.1, -0.05) is 105 Å². The molecule has 0 radical (unpaired) electrons. The molecule has 0 heterocycles. The van der Waals surface area contributed by atoms with Gasteiger partial charge >= 0.3 is 0 Å². The Kier molecular flexibility index (Phi) is 30.4. The molecule has 9 rings (SSSR count). The van der Waals surface area contributed by atoms with Crippen LogP contribution in [0.2, 0.25) is 0 Å². The van der Waals surface area contributed by atoms with Crippen molar-refractivity contribution in [1.82, 2.24) is 21.3 Å². The minimum Gasteiger partial charge on any atom is -0.372 e. The van der Waals surface area contributed by atoms with E-state index in [4.69, 9.17) is 9.47 Å². The van der Waals surface area contributed by atoms with Crippen molar-refractivity contribution < 1.29 is 52.6 Å². The molecule has 1 unspecified atom stereocenters. The zero-order chi connectivity index (χ0) is 71.4. The van der Waals surface area contributed by atoms with Gasteiger partial charge in [0, 0.05) is 130 Å². The van der Waals surface area contributed by atoms with E-state index in [9.17, 15) is 43.2 Å². The van der Waals surface area contributed by atoms with Crippen LogP contribution in [0.3, 0.4) is 0 Å². The van der Waals surface area contributed by atoms with Crippen LogP contribution in [0.5, 0.6) is 0 Å². The molecule has 0 fully saturated rings. The molecule has 99 heavy (non-hydrogen) atoms. The van der Waals surface area contributed by atoms with Crippen LogP contribution in [0.25, 0.3) is 33.4 Å². The average Bonchev–Trinajstić information content (AvgIpc) is 1.62. The maximum atomic E-state index is 12.7. The zero-order valence-corrected chi connectivity index (χ0v) is 59.2. The Balaban J connectivity index is 0.000000211. The lowest BCUT2D eigenvalue weighted by Gasteiger charge is -2.11. The Morgan fingerprint density at radius 3 is 1.00 bits per heavy atom. The Morgan fingerprint density at radius 2 is 0.626 bits per heavy atom. The summed E-state index contributed by atoms with van der Waals surface area (Å²) in [6.45, 7) is 22.3. The van der Waals surface area contributed by atoms with Crippen LogP contribution in [0, 0.1) is 0 Å². The van der Waals surface area contributed by atoms with Crippen LogP contribution >= 0.6 is 0 Å². The van der Waals surface area contributed by atoms with Crippen molar-refractivity contribution in [3.8, 4) is 33.4 Å². The van der Waals surface area contributed by atoms with E-state index in [1.807, 2.05) is 145 Å². The van der Waals surface area contributed by atoms with Crippen molar-refractivity contribution in [3.63, 3.8) is 0 Å². The molecule has 6 aromatic carbocycles. The predicted molar refractivity (Wildman–Crippen MR) is 393 cm³/mol. The molecule has 0 saturated carbocycles. The van der Waals surface area contributed by atoms with Crippen molar-refractivity contribution in [1.29, 1.82) is 0 Å². The smallest absolute Gasteiger partial charge is 0.251 e. The average molecular weight is 1350 g/mol. The van der Waals surface area contributed by atoms with E-state index in [2.05, 4.69) is 74.7 Å². The normalized spacial score (nSPS) is 12.6. The Bertz CT molecular complexity index is 3670. The first-order chi connectivity index (χ1) is 47.8. The number of hydrogen-bond donors (Lipinski definition) is 9. The molecule has 0 spiro atoms. The maximum absolute atomic E-state index is 12.7. The summed E-state index contributed by atoms with van der Waals surface area (Å²) in [6, 6.07) is 35.5. The van der Waals surface area contributed by atoms with Crippen molar-refractivity contribution in [2.75, 3.05) is 79.2 Å². The summed E-state index contributed by atoms with van der Waals surface area (Å²) in [7, 11) is 0. The first kappa shape index (κ1) is 76.8. The van der Waals surface area contributed by atoms with Crippen LogP contribution in [-0.2, 0) is 47.8 Å². The summed E-state index contributed by atoms with van der Waals surface area (Å²) in [6.07, 6.45) is 7.92. The SMILES string of the molecule is CCCNC(=O)CCC(=O)Nc1ccc2c(c1)C(C)c1cccc(C(=O)NCCC)c1-2.CCCNC(=O)CCCC(=O)Nc1ccc2c(c1)C(C)c1cc(NC(=O)CCCC(=O)NCCC)ccc1-2.CCCOCC(=O)Nc1ccc2c(c1)C(C)c1cc(NC(=O)COCCC)ccc1-2. The van der Waals surface area contributed by atoms with Gasteiger partial charge in [0.1, 0.15) is 13.2 Å². The van der Waals surface area contributed by atoms with Crippen LogP contribution in [0.4, 0.5) is 28.4 Å². The molecule has 9 N–H and O–H groups in total. The topological polar surface area (TPSA) is 280 Å². The number of carbonyl (C=O) groups excluding carboxylic acids is 9. The number of ether oxygens (including phenoxy) is 2. The second-order valence-electron chi connectivity index (χ2n) is 25.3. The molecule has 20 nitrogen and oxygen atoms in total. The molecule has 0 saturated heterocycles. The van der Waals surface area contributed by atoms with Crippen LogP contribution in [0.15, 0.2) is 109 Å². The van der Waals surface area contributed by atoms with E-state index in [0.29, 0.717) is 89.2 Å². The van der Waals surface area contributed by atoms with Gasteiger partial charge < -0.3 is 57.3 Å². The third kappa shape index (κ3) is 22.2. The lowest BCUT2D eigenvalue weighted by molar-refractivity contribution is -0.124. The van der Waals surface area contributed by atoms with Crippen LogP contribution < -0.4 is 47.9 Å². The Morgan fingerprint density at radius 1 is 0.323 bits per heavy atom. The summed E-state index contributed by atoms with van der Waals surface area (Å²) in [5, 5.41) is 26.0. The Labute approximate surface area is 583 Å². The second-order valence-corrected chi connectivity index (χ2v) is 25.3. The summed E-state index contributed by atoms with van der Waals surface area (Å²) in [5.41, 5.74) is 17.7. The molecule has 1 atom stereocenters. The Hall–Kier alpha value is -9.53. The summed E-state index contributed by atoms with van der Waals surface area (Å²) < 4.78 is 10.6. The van der Waals surface area contributed by atoms with Gasteiger partial charge in [-0.3, -0.25) is 43.2 Å². The molecular weight excluding hydrogens is 1250 g/mol. The molecule has 20 heteroatoms. The molecule has 528 valence electrons. The molecule has 3 aliphatic carbocycles. The van der Waals surface area contributed by atoms with Gasteiger partial charge in [-0.25, -0.2) is 0 Å².